The fraction of sp³-hybridized carbons (Fsp3) is 0.150. The molecule has 0 amide bonds. The van der Waals surface area contributed by atoms with Crippen molar-refractivity contribution in [2.24, 2.45) is 0 Å². The van der Waals surface area contributed by atoms with E-state index in [1.165, 1.54) is 121 Å². The van der Waals surface area contributed by atoms with Gasteiger partial charge in [-0.3, -0.25) is 0 Å². The van der Waals surface area contributed by atoms with Crippen molar-refractivity contribution in [3.8, 4) is 89.0 Å². The highest BCUT2D eigenvalue weighted by molar-refractivity contribution is 6.35. The Labute approximate surface area is 556 Å². The molecule has 0 N–H and O–H groups in total. The van der Waals surface area contributed by atoms with Crippen LogP contribution in [-0.2, 0) is 21.7 Å². The first kappa shape index (κ1) is 64.1. The van der Waals surface area contributed by atoms with Crippen molar-refractivity contribution in [1.82, 2.24) is 0 Å². The molecule has 0 aromatic heterocycles. The molecule has 4 aliphatic rings. The molecular formula is C80H39F21. The second kappa shape index (κ2) is 20.0. The summed E-state index contributed by atoms with van der Waals surface area (Å²) >= 11 is 0. The van der Waals surface area contributed by atoms with Gasteiger partial charge in [-0.15, -0.1) is 0 Å². The molecule has 4 aliphatic carbocycles. The average Bonchev–Trinajstić information content (AvgIpc) is 1.57. The Bertz CT molecular complexity index is 5720. The molecule has 0 saturated carbocycles. The molecule has 1 unspecified atom stereocenters. The van der Waals surface area contributed by atoms with Crippen molar-refractivity contribution in [2.75, 3.05) is 0 Å². The van der Waals surface area contributed by atoms with Crippen LogP contribution in [0.25, 0.3) is 132 Å². The lowest BCUT2D eigenvalue weighted by Gasteiger charge is -2.35. The maximum absolute atomic E-state index is 15.9. The molecule has 0 saturated heterocycles. The summed E-state index contributed by atoms with van der Waals surface area (Å²) in [6.45, 7) is 1.01. The summed E-state index contributed by atoms with van der Waals surface area (Å²) in [4.78, 5) is 0. The van der Waals surface area contributed by atoms with Crippen LogP contribution in [0.2, 0.25) is 0 Å². The third-order valence-corrected chi connectivity index (χ3v) is 21.6. The lowest BCUT2D eigenvalue weighted by molar-refractivity contribution is -0.288. The highest BCUT2D eigenvalue weighted by Gasteiger charge is 2.78. The van der Waals surface area contributed by atoms with E-state index in [1.54, 1.807) is 6.07 Å². The molecular weight excluding hydrogens is 1360 g/mol. The van der Waals surface area contributed by atoms with E-state index >= 15 is 92.2 Å². The quantitative estimate of drug-likeness (QED) is 0.0936. The maximum Gasteiger partial charge on any atom is 0.411 e. The topological polar surface area (TPSA) is 0 Å². The largest absolute Gasteiger partial charge is 0.411 e. The third kappa shape index (κ3) is 7.83. The lowest BCUT2D eigenvalue weighted by Crippen LogP contribution is -2.53. The number of hydrogen-bond acceptors (Lipinski definition) is 0. The van der Waals surface area contributed by atoms with Crippen LogP contribution in [0.1, 0.15) is 51.4 Å². The van der Waals surface area contributed by atoms with Gasteiger partial charge in [-0.05, 0) is 232 Å². The molecule has 0 heterocycles. The fourth-order valence-corrected chi connectivity index (χ4v) is 17.6. The molecule has 0 nitrogen and oxygen atoms in total. The average molecular weight is 1400 g/mol. The molecule has 0 bridgehead atoms. The fourth-order valence-electron chi connectivity index (χ4n) is 17.6. The molecule has 21 heteroatoms. The normalized spacial score (nSPS) is 17.3. The predicted molar refractivity (Wildman–Crippen MR) is 342 cm³/mol. The molecule has 0 aliphatic heterocycles. The minimum Gasteiger partial charge on any atom is -0.170 e. The zero-order chi connectivity index (χ0) is 71.4. The van der Waals surface area contributed by atoms with Crippen molar-refractivity contribution in [2.45, 2.75) is 71.8 Å². The molecule has 506 valence electrons. The SMILES string of the molecule is CC1(C(F)(F)F)c2ccccc2-c2c(-c3cc4cc(-c5cccc6c5-c5ccccc5C6(C(F)(F)F)C(F)(F)F)cc5c6cc(-c7cccc8c7-c7ccccc7C8(C(F)(F)F)C(F)(F)F)cc7cc(-c8cccc9c8-c8ccccc8C9(C(F)(F)F)C(F)(F)F)cc(c(c3)c45)c76)cccc21. The molecule has 1 atom stereocenters. The first-order valence-electron chi connectivity index (χ1n) is 31.1. The van der Waals surface area contributed by atoms with Crippen molar-refractivity contribution < 1.29 is 92.2 Å². The van der Waals surface area contributed by atoms with Crippen LogP contribution < -0.4 is 0 Å². The Morgan fingerprint density at radius 1 is 0.208 bits per heavy atom. The maximum atomic E-state index is 15.9. The lowest BCUT2D eigenvalue weighted by atomic mass is 9.76. The first-order chi connectivity index (χ1) is 47.5. The van der Waals surface area contributed by atoms with Gasteiger partial charge >= 0.3 is 43.2 Å². The van der Waals surface area contributed by atoms with E-state index in [4.69, 9.17) is 0 Å². The van der Waals surface area contributed by atoms with Gasteiger partial charge in [0.25, 0.3) is 0 Å². The van der Waals surface area contributed by atoms with E-state index in [9.17, 15) is 0 Å². The molecule has 0 radical (unpaired) electrons. The number of fused-ring (bicyclic) bond motifs is 14. The monoisotopic (exact) mass is 1400 g/mol. The minimum absolute atomic E-state index is 0.00618. The van der Waals surface area contributed by atoms with Crippen LogP contribution in [0.4, 0.5) is 92.2 Å². The van der Waals surface area contributed by atoms with Gasteiger partial charge in [0.2, 0.25) is 16.2 Å². The Morgan fingerprint density at radius 2 is 0.416 bits per heavy atom. The smallest absolute Gasteiger partial charge is 0.170 e. The Kier molecular flexibility index (Phi) is 12.7. The van der Waals surface area contributed by atoms with E-state index < -0.39 is 132 Å². The summed E-state index contributed by atoms with van der Waals surface area (Å²) in [5.41, 5.74) is -27.3. The van der Waals surface area contributed by atoms with Gasteiger partial charge in [-0.25, -0.2) is 0 Å². The molecule has 101 heavy (non-hydrogen) atoms. The van der Waals surface area contributed by atoms with Gasteiger partial charge in [0.1, 0.15) is 5.41 Å². The van der Waals surface area contributed by atoms with Gasteiger partial charge in [-0.1, -0.05) is 170 Å². The summed E-state index contributed by atoms with van der Waals surface area (Å²) in [7, 11) is 0. The van der Waals surface area contributed by atoms with Crippen LogP contribution in [-0.4, -0.2) is 43.2 Å². The van der Waals surface area contributed by atoms with Crippen LogP contribution in [0.15, 0.2) is 218 Å². The van der Waals surface area contributed by atoms with E-state index in [0.717, 1.165) is 61.5 Å². The number of rotatable bonds is 4. The van der Waals surface area contributed by atoms with E-state index in [0.29, 0.717) is 36.4 Å². The van der Waals surface area contributed by atoms with E-state index in [-0.39, 0.29) is 110 Å². The second-order valence-electron chi connectivity index (χ2n) is 26.2. The summed E-state index contributed by atoms with van der Waals surface area (Å²) in [6, 6.07) is 42.6. The zero-order valence-electron chi connectivity index (χ0n) is 51.2. The van der Waals surface area contributed by atoms with Gasteiger partial charge < -0.3 is 0 Å². The van der Waals surface area contributed by atoms with Crippen LogP contribution in [0, 0.1) is 0 Å². The van der Waals surface area contributed by atoms with Crippen LogP contribution in [0.3, 0.4) is 0 Å². The summed E-state index contributed by atoms with van der Waals surface area (Å²) < 4.78 is 333. The predicted octanol–water partition coefficient (Wildman–Crippen LogP) is 25.4. The Hall–Kier alpha value is -10.3. The second-order valence-corrected chi connectivity index (χ2v) is 26.2. The van der Waals surface area contributed by atoms with Crippen molar-refractivity contribution in [3.05, 3.63) is 263 Å². The minimum atomic E-state index is -6.05. The van der Waals surface area contributed by atoms with Gasteiger partial charge in [0.05, 0.1) is 0 Å². The number of hydrogen-bond donors (Lipinski definition) is 0. The van der Waals surface area contributed by atoms with E-state index in [1.807, 2.05) is 0 Å². The zero-order valence-corrected chi connectivity index (χ0v) is 51.2. The summed E-state index contributed by atoms with van der Waals surface area (Å²) in [5.74, 6) is 0. The third-order valence-electron chi connectivity index (χ3n) is 21.6. The molecule has 0 fully saturated rings. The first-order valence-corrected chi connectivity index (χ1v) is 31.1. The molecule has 17 rings (SSSR count). The van der Waals surface area contributed by atoms with Gasteiger partial charge in [0.15, 0.2) is 0 Å². The molecule has 0 spiro atoms. The Balaban J connectivity index is 1.06. The number of alkyl halides is 21. The number of halogens is 21. The van der Waals surface area contributed by atoms with Crippen LogP contribution >= 0.6 is 0 Å². The van der Waals surface area contributed by atoms with Crippen molar-refractivity contribution >= 4 is 43.1 Å². The molecule has 13 aromatic carbocycles. The summed E-state index contributed by atoms with van der Waals surface area (Å²) in [6.07, 6.45) is -41.2. The van der Waals surface area contributed by atoms with Crippen molar-refractivity contribution in [3.63, 3.8) is 0 Å². The highest BCUT2D eigenvalue weighted by Crippen LogP contribution is 2.69. The van der Waals surface area contributed by atoms with E-state index in [2.05, 4.69) is 0 Å². The van der Waals surface area contributed by atoms with Crippen LogP contribution in [0.5, 0.6) is 0 Å². The van der Waals surface area contributed by atoms with Crippen molar-refractivity contribution in [1.29, 1.82) is 0 Å². The Morgan fingerprint density at radius 3 is 0.673 bits per heavy atom. The molecule has 13 aromatic rings. The number of benzene rings is 13. The van der Waals surface area contributed by atoms with Gasteiger partial charge in [0, 0.05) is 0 Å². The standard InChI is InChI=1S/C80H39F21/c1-70(74(81,82)83)56-22-6-2-14-48(56)66-44(18-10-26-60(66)70)38-30-42-31-39(45-19-11-27-61-67(45)49-15-3-7-23-57(49)71(61,75(84,85)86)76(87,88)89)36-54-55-37-41(47-21-13-29-63-69(47)51-17-5-9-25-59(51)73(63,79(96,97)98)80(99,100)101)33-43-32-40(35-53(65(43)55)52(34-38)64(42)54)46-20-12-28-62-68(46)50-16-4-8-24-58(50)72(62,77(90,91)92)78(93,94)95/h2-37H,1H3. The highest BCUT2D eigenvalue weighted by atomic mass is 19.4. The van der Waals surface area contributed by atoms with Gasteiger partial charge in [-0.2, -0.15) is 92.2 Å². The summed E-state index contributed by atoms with van der Waals surface area (Å²) in [5, 5.41) is 0.834.